The molecular weight excluding hydrogens is 470 g/mol. The number of ether oxygens (including phenoxy) is 3. The van der Waals surface area contributed by atoms with Gasteiger partial charge in [-0.1, -0.05) is 6.07 Å². The fourth-order valence-corrected chi connectivity index (χ4v) is 2.97. The van der Waals surface area contributed by atoms with Gasteiger partial charge in [0, 0.05) is 11.5 Å². The van der Waals surface area contributed by atoms with Crippen molar-refractivity contribution in [3.05, 3.63) is 47.5 Å². The van der Waals surface area contributed by atoms with Gasteiger partial charge in [-0.25, -0.2) is 15.0 Å². The largest absolute Gasteiger partial charge is 0.493 e. The van der Waals surface area contributed by atoms with Crippen molar-refractivity contribution in [3.8, 4) is 11.5 Å². The van der Waals surface area contributed by atoms with Crippen LogP contribution in [0.3, 0.4) is 0 Å². The van der Waals surface area contributed by atoms with Crippen molar-refractivity contribution in [3.63, 3.8) is 0 Å². The molecule has 34 heavy (non-hydrogen) atoms. The number of halogens is 6. The van der Waals surface area contributed by atoms with Crippen LogP contribution in [0.1, 0.15) is 17.2 Å². The Kier molecular flexibility index (Phi) is 7.64. The predicted molar refractivity (Wildman–Crippen MR) is 110 cm³/mol. The van der Waals surface area contributed by atoms with Gasteiger partial charge in [-0.05, 0) is 25.1 Å². The summed E-state index contributed by atoms with van der Waals surface area (Å²) in [7, 11) is 1.39. The smallest absolute Gasteiger partial charge is 0.433 e. The quantitative estimate of drug-likeness (QED) is 0.337. The summed E-state index contributed by atoms with van der Waals surface area (Å²) in [6.45, 7) is -0.292. The van der Waals surface area contributed by atoms with Gasteiger partial charge in [0.05, 0.1) is 31.5 Å². The Morgan fingerprint density at radius 3 is 2.38 bits per heavy atom. The molecule has 1 aromatic carbocycles. The first-order valence-corrected chi connectivity index (χ1v) is 9.87. The zero-order chi connectivity index (χ0) is 24.9. The van der Waals surface area contributed by atoms with Crippen molar-refractivity contribution in [2.24, 2.45) is 0 Å². The SMILES string of the molecule is COc1cc2nc(C)nc(NCc3cccc(C(F)(F)F)n3)c2cc1OCCOCC(F)(F)F. The number of hydrogen-bond acceptors (Lipinski definition) is 7. The average Bonchev–Trinajstić information content (AvgIpc) is 2.75. The number of alkyl halides is 6. The molecule has 3 rings (SSSR count). The highest BCUT2D eigenvalue weighted by Crippen LogP contribution is 2.34. The van der Waals surface area contributed by atoms with Crippen LogP contribution in [0, 0.1) is 6.92 Å². The van der Waals surface area contributed by atoms with Crippen molar-refractivity contribution in [1.82, 2.24) is 15.0 Å². The molecular formula is C21H20F6N4O3. The van der Waals surface area contributed by atoms with Gasteiger partial charge in [-0.15, -0.1) is 0 Å². The Balaban J connectivity index is 1.81. The van der Waals surface area contributed by atoms with Crippen molar-refractivity contribution in [2.45, 2.75) is 25.8 Å². The zero-order valence-electron chi connectivity index (χ0n) is 18.0. The molecule has 1 N–H and O–H groups in total. The van der Waals surface area contributed by atoms with E-state index < -0.39 is 24.7 Å². The van der Waals surface area contributed by atoms with Gasteiger partial charge in [-0.2, -0.15) is 26.3 Å². The zero-order valence-corrected chi connectivity index (χ0v) is 18.0. The van der Waals surface area contributed by atoms with Crippen LogP contribution in [0.2, 0.25) is 0 Å². The number of aryl methyl sites for hydroxylation is 1. The second-order valence-corrected chi connectivity index (χ2v) is 7.02. The molecule has 0 saturated heterocycles. The maximum Gasteiger partial charge on any atom is 0.433 e. The summed E-state index contributed by atoms with van der Waals surface area (Å²) < 4.78 is 90.6. The number of benzene rings is 1. The number of methoxy groups -OCH3 is 1. The summed E-state index contributed by atoms with van der Waals surface area (Å²) in [4.78, 5) is 12.2. The number of anilines is 1. The molecule has 0 aliphatic carbocycles. The van der Waals surface area contributed by atoms with Crippen LogP contribution in [0.5, 0.6) is 11.5 Å². The van der Waals surface area contributed by atoms with Gasteiger partial charge < -0.3 is 19.5 Å². The van der Waals surface area contributed by atoms with E-state index in [1.807, 2.05) is 0 Å². The van der Waals surface area contributed by atoms with E-state index in [-0.39, 0.29) is 37.0 Å². The van der Waals surface area contributed by atoms with Gasteiger partial charge in [0.25, 0.3) is 0 Å². The summed E-state index contributed by atoms with van der Waals surface area (Å²) >= 11 is 0. The molecule has 0 aliphatic rings. The molecule has 13 heteroatoms. The normalized spacial score (nSPS) is 12.1. The highest BCUT2D eigenvalue weighted by atomic mass is 19.4. The minimum Gasteiger partial charge on any atom is -0.493 e. The summed E-state index contributed by atoms with van der Waals surface area (Å²) in [5.41, 5.74) is -0.403. The van der Waals surface area contributed by atoms with E-state index >= 15 is 0 Å². The van der Waals surface area contributed by atoms with Crippen molar-refractivity contribution in [2.75, 3.05) is 32.2 Å². The van der Waals surface area contributed by atoms with E-state index in [9.17, 15) is 26.3 Å². The summed E-state index contributed by atoms with van der Waals surface area (Å²) in [6, 6.07) is 6.66. The van der Waals surface area contributed by atoms with Crippen molar-refractivity contribution in [1.29, 1.82) is 0 Å². The standard InChI is InChI=1S/C21H20F6N4O3/c1-12-29-15-9-16(32-2)17(34-7-6-33-11-20(22,23)24)8-14(15)19(30-12)28-10-13-4-3-5-18(31-13)21(25,26)27/h3-5,8-9H,6-7,10-11H2,1-2H3,(H,28,29,30). The van der Waals surface area contributed by atoms with Gasteiger partial charge in [0.15, 0.2) is 11.5 Å². The maximum absolute atomic E-state index is 12.9. The van der Waals surface area contributed by atoms with E-state index in [0.29, 0.717) is 22.5 Å². The summed E-state index contributed by atoms with van der Waals surface area (Å²) in [5.74, 6) is 1.19. The Bertz CT molecular complexity index is 1140. The van der Waals surface area contributed by atoms with Crippen molar-refractivity contribution >= 4 is 16.7 Å². The van der Waals surface area contributed by atoms with Crippen LogP contribution in [0.4, 0.5) is 32.2 Å². The first kappa shape index (κ1) is 25.3. The Morgan fingerprint density at radius 2 is 1.71 bits per heavy atom. The maximum atomic E-state index is 12.9. The number of fused-ring (bicyclic) bond motifs is 1. The van der Waals surface area contributed by atoms with Crippen LogP contribution in [0.25, 0.3) is 10.9 Å². The molecule has 2 aromatic heterocycles. The van der Waals surface area contributed by atoms with Crippen LogP contribution < -0.4 is 14.8 Å². The molecule has 0 spiro atoms. The van der Waals surface area contributed by atoms with Crippen molar-refractivity contribution < 1.29 is 40.6 Å². The third-order valence-electron chi connectivity index (χ3n) is 4.38. The monoisotopic (exact) mass is 490 g/mol. The number of nitrogens with one attached hydrogen (secondary N) is 1. The topological polar surface area (TPSA) is 78.4 Å². The molecule has 0 bridgehead atoms. The number of aromatic nitrogens is 3. The highest BCUT2D eigenvalue weighted by Gasteiger charge is 2.32. The molecule has 0 atom stereocenters. The van der Waals surface area contributed by atoms with Gasteiger partial charge in [0.2, 0.25) is 0 Å². The molecule has 0 fully saturated rings. The van der Waals surface area contributed by atoms with E-state index in [4.69, 9.17) is 9.47 Å². The second-order valence-electron chi connectivity index (χ2n) is 7.02. The van der Waals surface area contributed by atoms with Gasteiger partial charge >= 0.3 is 12.4 Å². The minimum atomic E-state index is -4.57. The van der Waals surface area contributed by atoms with Crippen LogP contribution in [-0.4, -0.2) is 48.1 Å². The summed E-state index contributed by atoms with van der Waals surface area (Å²) in [6.07, 6.45) is -9.01. The Morgan fingerprint density at radius 1 is 0.941 bits per heavy atom. The molecule has 3 aromatic rings. The highest BCUT2D eigenvalue weighted by molar-refractivity contribution is 5.91. The third-order valence-corrected chi connectivity index (χ3v) is 4.38. The van der Waals surface area contributed by atoms with E-state index in [0.717, 1.165) is 6.07 Å². The van der Waals surface area contributed by atoms with Crippen LogP contribution in [-0.2, 0) is 17.5 Å². The fourth-order valence-electron chi connectivity index (χ4n) is 2.97. The number of rotatable bonds is 9. The minimum absolute atomic E-state index is 0.0526. The van der Waals surface area contributed by atoms with Gasteiger partial charge in [0.1, 0.15) is 30.5 Å². The lowest BCUT2D eigenvalue weighted by Crippen LogP contribution is -2.19. The third kappa shape index (κ3) is 6.83. The lowest BCUT2D eigenvalue weighted by molar-refractivity contribution is -0.175. The van der Waals surface area contributed by atoms with E-state index in [1.165, 1.54) is 25.3 Å². The van der Waals surface area contributed by atoms with E-state index in [2.05, 4.69) is 25.0 Å². The average molecular weight is 490 g/mol. The molecule has 0 radical (unpaired) electrons. The molecule has 7 nitrogen and oxygen atoms in total. The number of hydrogen-bond donors (Lipinski definition) is 1. The van der Waals surface area contributed by atoms with Crippen LogP contribution in [0.15, 0.2) is 30.3 Å². The molecule has 184 valence electrons. The first-order valence-electron chi connectivity index (χ1n) is 9.87. The number of nitrogens with zero attached hydrogens (tertiary/aromatic N) is 3. The van der Waals surface area contributed by atoms with Crippen LogP contribution >= 0.6 is 0 Å². The lowest BCUT2D eigenvalue weighted by atomic mass is 10.2. The van der Waals surface area contributed by atoms with E-state index in [1.54, 1.807) is 13.0 Å². The summed E-state index contributed by atoms with van der Waals surface area (Å²) in [5, 5.41) is 3.42. The van der Waals surface area contributed by atoms with Gasteiger partial charge in [-0.3, -0.25) is 0 Å². The molecule has 0 saturated carbocycles. The first-order chi connectivity index (χ1) is 16.0. The molecule has 0 unspecified atom stereocenters. The number of pyridine rings is 1. The molecule has 2 heterocycles. The predicted octanol–water partition coefficient (Wildman–Crippen LogP) is 4.93. The Hall–Kier alpha value is -3.35. The Labute approximate surface area is 190 Å². The molecule has 0 amide bonds. The molecule has 0 aliphatic heterocycles. The second kappa shape index (κ2) is 10.3. The fraction of sp³-hybridized carbons (Fsp3) is 0.381. The lowest BCUT2D eigenvalue weighted by Gasteiger charge is -2.15.